The zero-order valence-corrected chi connectivity index (χ0v) is 17.7. The summed E-state index contributed by atoms with van der Waals surface area (Å²) >= 11 is 2.72. The molecule has 1 atom stereocenters. The number of carbonyl (C=O) groups is 1. The van der Waals surface area contributed by atoms with Gasteiger partial charge in [-0.2, -0.15) is 23.0 Å². The molecule has 3 heterocycles. The summed E-state index contributed by atoms with van der Waals surface area (Å²) in [4.78, 5) is 17.1. The molecule has 1 unspecified atom stereocenters. The molecule has 2 aromatic heterocycles. The number of anilines is 1. The highest BCUT2D eigenvalue weighted by Gasteiger charge is 2.34. The average Bonchev–Trinajstić information content (AvgIpc) is 3.24. The number of benzene rings is 2. The molecule has 0 bridgehead atoms. The first kappa shape index (κ1) is 20.1. The van der Waals surface area contributed by atoms with Gasteiger partial charge in [0.15, 0.2) is 0 Å². The third-order valence-corrected chi connectivity index (χ3v) is 7.27. The third kappa shape index (κ3) is 3.59. The van der Waals surface area contributed by atoms with Gasteiger partial charge in [0.25, 0.3) is 0 Å². The first-order valence-electron chi connectivity index (χ1n) is 9.35. The largest absolute Gasteiger partial charge is 0.416 e. The van der Waals surface area contributed by atoms with Gasteiger partial charge in [-0.3, -0.25) is 4.79 Å². The number of hydrogen-bond donors (Lipinski definition) is 1. The minimum atomic E-state index is -4.44. The van der Waals surface area contributed by atoms with E-state index >= 15 is 0 Å². The number of para-hydroxylation sites is 1. The lowest BCUT2D eigenvalue weighted by Gasteiger charge is -2.17. The van der Waals surface area contributed by atoms with Crippen molar-refractivity contribution in [3.8, 4) is 5.13 Å². The molecule has 0 aliphatic carbocycles. The molecule has 158 valence electrons. The van der Waals surface area contributed by atoms with Crippen LogP contribution in [0.15, 0.2) is 48.5 Å². The lowest BCUT2D eigenvalue weighted by atomic mass is 10.0. The van der Waals surface area contributed by atoms with Crippen LogP contribution in [0.5, 0.6) is 0 Å². The summed E-state index contributed by atoms with van der Waals surface area (Å²) in [6.07, 6.45) is -4.44. The van der Waals surface area contributed by atoms with E-state index in [-0.39, 0.29) is 11.7 Å². The summed E-state index contributed by atoms with van der Waals surface area (Å²) in [7, 11) is 0. The van der Waals surface area contributed by atoms with Crippen molar-refractivity contribution in [3.05, 3.63) is 70.9 Å². The molecule has 2 aromatic carbocycles. The second-order valence-electron chi connectivity index (χ2n) is 7.09. The van der Waals surface area contributed by atoms with E-state index in [1.165, 1.54) is 29.2 Å². The summed E-state index contributed by atoms with van der Waals surface area (Å²) in [5, 5.41) is 7.59. The lowest BCUT2D eigenvalue weighted by molar-refractivity contribution is -0.137. The number of hydrogen-bond acceptors (Lipinski definition) is 5. The maximum atomic E-state index is 13.3. The van der Waals surface area contributed by atoms with Crippen molar-refractivity contribution >= 4 is 45.0 Å². The molecule has 5 rings (SSSR count). The van der Waals surface area contributed by atoms with Gasteiger partial charge in [-0.15, -0.1) is 11.8 Å². The van der Waals surface area contributed by atoms with Crippen LogP contribution in [0.25, 0.3) is 15.3 Å². The van der Waals surface area contributed by atoms with Crippen molar-refractivity contribution in [2.45, 2.75) is 18.3 Å². The van der Waals surface area contributed by atoms with Gasteiger partial charge >= 0.3 is 6.18 Å². The molecule has 4 aromatic rings. The van der Waals surface area contributed by atoms with Crippen molar-refractivity contribution in [3.63, 3.8) is 0 Å². The minimum Gasteiger partial charge on any atom is -0.310 e. The number of halogens is 3. The Morgan fingerprint density at radius 1 is 1.16 bits per heavy atom. The number of rotatable bonds is 2. The van der Waals surface area contributed by atoms with E-state index < -0.39 is 17.0 Å². The number of aryl methyl sites for hydroxylation is 1. The van der Waals surface area contributed by atoms with Crippen LogP contribution in [0.3, 0.4) is 0 Å². The molecule has 0 fully saturated rings. The van der Waals surface area contributed by atoms with Gasteiger partial charge < -0.3 is 5.32 Å². The molecule has 0 radical (unpaired) electrons. The van der Waals surface area contributed by atoms with E-state index in [9.17, 15) is 18.0 Å². The van der Waals surface area contributed by atoms with E-state index in [4.69, 9.17) is 0 Å². The Morgan fingerprint density at radius 3 is 2.74 bits per heavy atom. The molecule has 1 N–H and O–H groups in total. The molecule has 5 nitrogen and oxygen atoms in total. The maximum Gasteiger partial charge on any atom is 0.416 e. The molecule has 10 heteroatoms. The molecule has 0 saturated carbocycles. The second kappa shape index (κ2) is 7.38. The Balaban J connectivity index is 1.67. The van der Waals surface area contributed by atoms with E-state index in [0.717, 1.165) is 22.3 Å². The van der Waals surface area contributed by atoms with Crippen molar-refractivity contribution < 1.29 is 18.0 Å². The van der Waals surface area contributed by atoms with Gasteiger partial charge in [-0.05, 0) is 30.7 Å². The summed E-state index contributed by atoms with van der Waals surface area (Å²) < 4.78 is 42.4. The van der Waals surface area contributed by atoms with Crippen molar-refractivity contribution in [1.29, 1.82) is 0 Å². The monoisotopic (exact) mass is 460 g/mol. The van der Waals surface area contributed by atoms with E-state index in [2.05, 4.69) is 15.4 Å². The molecule has 0 saturated heterocycles. The molecule has 31 heavy (non-hydrogen) atoms. The predicted molar refractivity (Wildman–Crippen MR) is 116 cm³/mol. The Bertz CT molecular complexity index is 1280. The zero-order valence-electron chi connectivity index (χ0n) is 16.1. The van der Waals surface area contributed by atoms with Gasteiger partial charge in [-0.25, -0.2) is 4.98 Å². The standard InChI is InChI=1S/C21H15F3N4OS2/c1-11-17-18(12-5-4-6-13(9-12)21(22,23)24)30-10-16(29)26-19(17)28(27-11)20-25-14-7-2-3-8-15(14)31-20/h2-9,18H,10H2,1H3,(H,26,29). The Kier molecular flexibility index (Phi) is 4.78. The molecule has 1 aliphatic heterocycles. The van der Waals surface area contributed by atoms with E-state index in [1.807, 2.05) is 24.3 Å². The fourth-order valence-corrected chi connectivity index (χ4v) is 5.72. The van der Waals surface area contributed by atoms with Gasteiger partial charge in [0.1, 0.15) is 5.82 Å². The first-order valence-corrected chi connectivity index (χ1v) is 11.2. The Labute approximate surface area is 183 Å². The molecule has 1 aliphatic rings. The number of aromatic nitrogens is 3. The van der Waals surface area contributed by atoms with Crippen LogP contribution < -0.4 is 5.32 Å². The highest BCUT2D eigenvalue weighted by Crippen LogP contribution is 2.45. The maximum absolute atomic E-state index is 13.3. The number of nitrogens with one attached hydrogen (secondary N) is 1. The molecular formula is C21H15F3N4OS2. The quantitative estimate of drug-likeness (QED) is 0.424. The van der Waals surface area contributed by atoms with Gasteiger partial charge in [0, 0.05) is 5.56 Å². The van der Waals surface area contributed by atoms with Crippen LogP contribution in [-0.4, -0.2) is 26.4 Å². The Morgan fingerprint density at radius 2 is 1.97 bits per heavy atom. The van der Waals surface area contributed by atoms with Crippen LogP contribution in [0, 0.1) is 6.92 Å². The summed E-state index contributed by atoms with van der Waals surface area (Å²) in [6, 6.07) is 12.9. The molecule has 0 spiro atoms. The molecule has 1 amide bonds. The van der Waals surface area contributed by atoms with Crippen LogP contribution in [0.4, 0.5) is 19.0 Å². The first-order chi connectivity index (χ1) is 14.8. The van der Waals surface area contributed by atoms with Crippen molar-refractivity contribution in [2.75, 3.05) is 11.1 Å². The molecular weight excluding hydrogens is 445 g/mol. The number of alkyl halides is 3. The average molecular weight is 461 g/mol. The fraction of sp³-hybridized carbons (Fsp3) is 0.190. The number of fused-ring (bicyclic) bond motifs is 2. The summed E-state index contributed by atoms with van der Waals surface area (Å²) in [5.41, 5.74) is 1.89. The van der Waals surface area contributed by atoms with Crippen molar-refractivity contribution in [1.82, 2.24) is 14.8 Å². The van der Waals surface area contributed by atoms with Crippen LogP contribution >= 0.6 is 23.1 Å². The van der Waals surface area contributed by atoms with Crippen LogP contribution in [0.2, 0.25) is 0 Å². The zero-order chi connectivity index (χ0) is 21.8. The fourth-order valence-electron chi connectivity index (χ4n) is 3.61. The van der Waals surface area contributed by atoms with Gasteiger partial charge in [0.05, 0.1) is 32.5 Å². The van der Waals surface area contributed by atoms with Gasteiger partial charge in [0.2, 0.25) is 11.0 Å². The van der Waals surface area contributed by atoms with E-state index in [0.29, 0.717) is 27.8 Å². The highest BCUT2D eigenvalue weighted by atomic mass is 32.2. The topological polar surface area (TPSA) is 59.8 Å². The number of thioether (sulfide) groups is 1. The van der Waals surface area contributed by atoms with Crippen molar-refractivity contribution in [2.24, 2.45) is 0 Å². The second-order valence-corrected chi connectivity index (χ2v) is 9.19. The Hall–Kier alpha value is -2.85. The number of amides is 1. The third-order valence-electron chi connectivity index (χ3n) is 4.99. The number of nitrogens with zero attached hydrogens (tertiary/aromatic N) is 3. The lowest BCUT2D eigenvalue weighted by Crippen LogP contribution is -2.15. The summed E-state index contributed by atoms with van der Waals surface area (Å²) in [5.74, 6) is 0.339. The predicted octanol–water partition coefficient (Wildman–Crippen LogP) is 5.58. The summed E-state index contributed by atoms with van der Waals surface area (Å²) in [6.45, 7) is 1.79. The number of thiazole rings is 1. The smallest absolute Gasteiger partial charge is 0.310 e. The normalized spacial score (nSPS) is 16.8. The van der Waals surface area contributed by atoms with Gasteiger partial charge in [-0.1, -0.05) is 41.7 Å². The van der Waals surface area contributed by atoms with E-state index in [1.54, 1.807) is 17.7 Å². The SMILES string of the molecule is Cc1nn(-c2nc3ccccc3s2)c2c1C(c1cccc(C(F)(F)F)c1)SCC(=O)N2. The minimum absolute atomic E-state index is 0.120. The highest BCUT2D eigenvalue weighted by molar-refractivity contribution is 8.00. The van der Waals surface area contributed by atoms with Crippen LogP contribution in [0.1, 0.15) is 27.6 Å². The number of carbonyl (C=O) groups excluding carboxylic acids is 1. The van der Waals surface area contributed by atoms with Crippen LogP contribution in [-0.2, 0) is 11.0 Å².